The quantitative estimate of drug-likeness (QED) is 0.302. The van der Waals surface area contributed by atoms with Crippen LogP contribution in [0.2, 0.25) is 0 Å². The van der Waals surface area contributed by atoms with Crippen molar-refractivity contribution in [2.45, 2.75) is 0 Å². The van der Waals surface area contributed by atoms with Gasteiger partial charge in [0.05, 0.1) is 5.52 Å². The third kappa shape index (κ3) is 1.35. The lowest BCUT2D eigenvalue weighted by molar-refractivity contribution is 1.42. The van der Waals surface area contributed by atoms with E-state index < -0.39 is 0 Å². The van der Waals surface area contributed by atoms with Crippen LogP contribution in [0.15, 0.2) is 66.2 Å². The third-order valence-electron chi connectivity index (χ3n) is 4.93. The lowest BCUT2D eigenvalue weighted by Crippen LogP contribution is -1.85. The molecule has 0 spiro atoms. The van der Waals surface area contributed by atoms with Crippen molar-refractivity contribution in [1.82, 2.24) is 4.98 Å². The zero-order chi connectivity index (χ0) is 15.0. The Kier molecular flexibility index (Phi) is 2.04. The van der Waals surface area contributed by atoms with E-state index in [1.54, 1.807) is 0 Å². The second kappa shape index (κ2) is 3.98. The smallest absolute Gasteiger partial charge is 0.0708 e. The van der Waals surface area contributed by atoms with Crippen molar-refractivity contribution in [2.24, 2.45) is 0 Å². The number of pyridine rings is 1. The van der Waals surface area contributed by atoms with Gasteiger partial charge in [0.15, 0.2) is 0 Å². The van der Waals surface area contributed by atoms with Gasteiger partial charge in [0, 0.05) is 27.2 Å². The standard InChI is InChI=1S/C21H11NS/c1-3-13-14-8-6-12-7-9-17-15(4-2-10-22-17)19(12)21(14)16-11-23-18(5-1)20(13)16/h1-11H. The van der Waals surface area contributed by atoms with Crippen molar-refractivity contribution < 1.29 is 0 Å². The van der Waals surface area contributed by atoms with Crippen LogP contribution >= 0.6 is 11.3 Å². The fourth-order valence-corrected chi connectivity index (χ4v) is 4.95. The molecule has 23 heavy (non-hydrogen) atoms. The summed E-state index contributed by atoms with van der Waals surface area (Å²) in [5.74, 6) is 0. The van der Waals surface area contributed by atoms with Crippen molar-refractivity contribution in [3.63, 3.8) is 0 Å². The normalized spacial score (nSPS) is 12.3. The maximum atomic E-state index is 4.55. The first kappa shape index (κ1) is 11.8. The van der Waals surface area contributed by atoms with Gasteiger partial charge in [-0.05, 0) is 51.0 Å². The van der Waals surface area contributed by atoms with E-state index >= 15 is 0 Å². The van der Waals surface area contributed by atoms with Crippen LogP contribution in [-0.4, -0.2) is 4.98 Å². The summed E-state index contributed by atoms with van der Waals surface area (Å²) in [6.07, 6.45) is 1.87. The summed E-state index contributed by atoms with van der Waals surface area (Å²) in [4.78, 5) is 4.55. The Morgan fingerprint density at radius 2 is 1.70 bits per heavy atom. The van der Waals surface area contributed by atoms with Crippen LogP contribution in [0.4, 0.5) is 0 Å². The molecule has 1 aliphatic carbocycles. The second-order valence-corrected chi connectivity index (χ2v) is 6.96. The Bertz CT molecular complexity index is 1260. The van der Waals surface area contributed by atoms with Crippen molar-refractivity contribution >= 4 is 43.1 Å². The van der Waals surface area contributed by atoms with Crippen molar-refractivity contribution in [3.8, 4) is 22.3 Å². The number of fused-ring (bicyclic) bond motifs is 7. The van der Waals surface area contributed by atoms with E-state index in [0.29, 0.717) is 0 Å². The molecule has 106 valence electrons. The van der Waals surface area contributed by atoms with Gasteiger partial charge in [-0.25, -0.2) is 0 Å². The summed E-state index contributed by atoms with van der Waals surface area (Å²) in [6.45, 7) is 0. The highest BCUT2D eigenvalue weighted by atomic mass is 32.1. The minimum atomic E-state index is 1.07. The summed E-state index contributed by atoms with van der Waals surface area (Å²) in [5, 5.41) is 7.60. The van der Waals surface area contributed by atoms with E-state index in [9.17, 15) is 0 Å². The molecule has 2 aromatic heterocycles. The number of benzene rings is 3. The molecule has 5 aromatic rings. The van der Waals surface area contributed by atoms with E-state index in [1.165, 1.54) is 48.5 Å². The van der Waals surface area contributed by atoms with Gasteiger partial charge >= 0.3 is 0 Å². The molecule has 0 amide bonds. The summed E-state index contributed by atoms with van der Waals surface area (Å²) in [7, 11) is 0. The van der Waals surface area contributed by atoms with Crippen LogP contribution in [0.3, 0.4) is 0 Å². The fourth-order valence-electron chi connectivity index (χ4n) is 3.98. The van der Waals surface area contributed by atoms with Crippen LogP contribution in [0.1, 0.15) is 0 Å². The molecule has 2 heteroatoms. The number of aromatic nitrogens is 1. The first-order chi connectivity index (χ1) is 11.4. The number of thiophene rings is 1. The number of rotatable bonds is 0. The molecule has 0 N–H and O–H groups in total. The highest BCUT2D eigenvalue weighted by Gasteiger charge is 2.25. The molecule has 0 bridgehead atoms. The molecule has 2 heterocycles. The molecule has 0 aliphatic heterocycles. The highest BCUT2D eigenvalue weighted by molar-refractivity contribution is 7.18. The monoisotopic (exact) mass is 309 g/mol. The van der Waals surface area contributed by atoms with Gasteiger partial charge < -0.3 is 0 Å². The minimum Gasteiger partial charge on any atom is -0.256 e. The molecule has 3 aromatic carbocycles. The topological polar surface area (TPSA) is 12.9 Å². The average molecular weight is 309 g/mol. The molecule has 6 rings (SSSR count). The van der Waals surface area contributed by atoms with Crippen LogP contribution < -0.4 is 0 Å². The number of hydrogen-bond acceptors (Lipinski definition) is 2. The second-order valence-electron chi connectivity index (χ2n) is 6.05. The SMILES string of the molecule is c1cc2c3c(csc3c1)-c1c-2ccc2ccc3ncccc3c12. The molecular weight excluding hydrogens is 298 g/mol. The van der Waals surface area contributed by atoms with Gasteiger partial charge in [-0.2, -0.15) is 0 Å². The molecular formula is C21H11NS. The summed E-state index contributed by atoms with van der Waals surface area (Å²) < 4.78 is 1.38. The van der Waals surface area contributed by atoms with Gasteiger partial charge in [-0.15, -0.1) is 11.3 Å². The van der Waals surface area contributed by atoms with Gasteiger partial charge in [0.2, 0.25) is 0 Å². The zero-order valence-corrected chi connectivity index (χ0v) is 13.0. The van der Waals surface area contributed by atoms with E-state index in [4.69, 9.17) is 0 Å². The van der Waals surface area contributed by atoms with E-state index in [2.05, 4.69) is 58.9 Å². The van der Waals surface area contributed by atoms with Gasteiger partial charge in [-0.1, -0.05) is 36.4 Å². The van der Waals surface area contributed by atoms with E-state index in [0.717, 1.165) is 5.52 Å². The molecule has 0 saturated carbocycles. The predicted octanol–water partition coefficient (Wildman–Crippen LogP) is 6.25. The maximum absolute atomic E-state index is 4.55. The zero-order valence-electron chi connectivity index (χ0n) is 12.2. The summed E-state index contributed by atoms with van der Waals surface area (Å²) in [6, 6.07) is 19.7. The van der Waals surface area contributed by atoms with Gasteiger partial charge in [0.25, 0.3) is 0 Å². The summed E-state index contributed by atoms with van der Waals surface area (Å²) in [5.41, 5.74) is 6.57. The molecule has 0 unspecified atom stereocenters. The minimum absolute atomic E-state index is 1.07. The summed E-state index contributed by atoms with van der Waals surface area (Å²) >= 11 is 1.84. The van der Waals surface area contributed by atoms with Crippen molar-refractivity contribution in [3.05, 3.63) is 66.2 Å². The number of hydrogen-bond donors (Lipinski definition) is 0. The largest absolute Gasteiger partial charge is 0.256 e. The molecule has 1 aliphatic rings. The Morgan fingerprint density at radius 3 is 2.70 bits per heavy atom. The van der Waals surface area contributed by atoms with E-state index in [1.807, 2.05) is 23.6 Å². The lowest BCUT2D eigenvalue weighted by atomic mass is 9.94. The molecule has 0 fully saturated rings. The molecule has 0 atom stereocenters. The molecule has 0 radical (unpaired) electrons. The molecule has 0 saturated heterocycles. The van der Waals surface area contributed by atoms with Crippen LogP contribution in [-0.2, 0) is 0 Å². The highest BCUT2D eigenvalue weighted by Crippen LogP contribution is 2.53. The molecule has 1 nitrogen and oxygen atoms in total. The first-order valence-electron chi connectivity index (χ1n) is 7.73. The average Bonchev–Trinajstić information content (AvgIpc) is 3.18. The maximum Gasteiger partial charge on any atom is 0.0708 e. The van der Waals surface area contributed by atoms with Crippen LogP contribution in [0.25, 0.3) is 54.0 Å². The Labute approximate surface area is 136 Å². The Hall–Kier alpha value is -2.71. The lowest BCUT2D eigenvalue weighted by Gasteiger charge is -2.10. The third-order valence-corrected chi connectivity index (χ3v) is 5.87. The van der Waals surface area contributed by atoms with Gasteiger partial charge in [-0.3, -0.25) is 4.98 Å². The fraction of sp³-hybridized carbons (Fsp3) is 0. The Balaban J connectivity index is 1.93. The van der Waals surface area contributed by atoms with Gasteiger partial charge in [0.1, 0.15) is 0 Å². The van der Waals surface area contributed by atoms with Crippen molar-refractivity contribution in [1.29, 1.82) is 0 Å². The van der Waals surface area contributed by atoms with E-state index in [-0.39, 0.29) is 0 Å². The van der Waals surface area contributed by atoms with Crippen LogP contribution in [0.5, 0.6) is 0 Å². The first-order valence-corrected chi connectivity index (χ1v) is 8.61. The predicted molar refractivity (Wildman–Crippen MR) is 99.1 cm³/mol. The van der Waals surface area contributed by atoms with Crippen molar-refractivity contribution in [2.75, 3.05) is 0 Å². The van der Waals surface area contributed by atoms with Crippen LogP contribution in [0, 0.1) is 0 Å². The number of nitrogens with zero attached hydrogens (tertiary/aromatic N) is 1. The Morgan fingerprint density at radius 1 is 0.739 bits per heavy atom.